The van der Waals surface area contributed by atoms with Gasteiger partial charge in [-0.2, -0.15) is 0 Å². The van der Waals surface area contributed by atoms with Gasteiger partial charge in [0, 0.05) is 43.6 Å². The van der Waals surface area contributed by atoms with Gasteiger partial charge < -0.3 is 15.5 Å². The van der Waals surface area contributed by atoms with Gasteiger partial charge in [-0.05, 0) is 38.0 Å². The van der Waals surface area contributed by atoms with E-state index >= 15 is 0 Å². The molecule has 1 heterocycles. The largest absolute Gasteiger partial charge is 0.368 e. The minimum absolute atomic E-state index is 0.0297. The maximum Gasteiger partial charge on any atom is 0.253 e. The van der Waals surface area contributed by atoms with E-state index in [9.17, 15) is 9.18 Å². The second kappa shape index (κ2) is 8.33. The van der Waals surface area contributed by atoms with Crippen LogP contribution < -0.4 is 15.5 Å². The van der Waals surface area contributed by atoms with Gasteiger partial charge in [0.05, 0.1) is 16.3 Å². The van der Waals surface area contributed by atoms with Gasteiger partial charge >= 0.3 is 0 Å². The Kier molecular flexibility index (Phi) is 5.79. The van der Waals surface area contributed by atoms with Gasteiger partial charge in [0.15, 0.2) is 0 Å². The summed E-state index contributed by atoms with van der Waals surface area (Å²) in [6.45, 7) is 6.23. The van der Waals surface area contributed by atoms with Crippen molar-refractivity contribution in [2.24, 2.45) is 5.92 Å². The summed E-state index contributed by atoms with van der Waals surface area (Å²) in [5.74, 6) is 0.363. The van der Waals surface area contributed by atoms with E-state index in [1.54, 1.807) is 6.07 Å². The molecule has 2 aromatic rings. The number of hydrogen-bond acceptors (Lipinski definition) is 3. The Hall–Kier alpha value is -2.11. The fourth-order valence-electron chi connectivity index (χ4n) is 4.00. The van der Waals surface area contributed by atoms with Gasteiger partial charge in [-0.15, -0.1) is 0 Å². The summed E-state index contributed by atoms with van der Waals surface area (Å²) < 4.78 is 14.6. The lowest BCUT2D eigenvalue weighted by Gasteiger charge is -2.41. The van der Waals surface area contributed by atoms with Crippen molar-refractivity contribution in [1.82, 2.24) is 10.6 Å². The van der Waals surface area contributed by atoms with Gasteiger partial charge in [0.1, 0.15) is 5.82 Å². The Balaban J connectivity index is 1.28. The van der Waals surface area contributed by atoms with Gasteiger partial charge in [-0.1, -0.05) is 41.9 Å². The highest BCUT2D eigenvalue weighted by Gasteiger charge is 2.39. The Morgan fingerprint density at radius 1 is 1.24 bits per heavy atom. The molecule has 6 heteroatoms. The monoisotopic (exact) mass is 415 g/mol. The standard InChI is InChI=1S/C23H27ClFN3O/c1-14(2)27-23(29)18-8-20(25)22(10-19(18)24)28-12-15(13-28)11-26-21-9-17(21)16-6-4-3-5-7-16/h3-8,10,14-15,17,21,26H,9,11-13H2,1-2H3,(H,27,29). The van der Waals surface area contributed by atoms with Crippen LogP contribution >= 0.6 is 11.6 Å². The molecule has 1 amide bonds. The SMILES string of the molecule is CC(C)NC(=O)c1cc(F)c(N2CC(CNC3CC3c3ccccc3)C2)cc1Cl. The van der Waals surface area contributed by atoms with Crippen molar-refractivity contribution in [1.29, 1.82) is 0 Å². The molecule has 0 aromatic heterocycles. The molecule has 4 rings (SSSR count). The molecule has 1 saturated heterocycles. The minimum Gasteiger partial charge on any atom is -0.368 e. The molecule has 2 aliphatic rings. The predicted molar refractivity (Wildman–Crippen MR) is 115 cm³/mol. The molecule has 0 bridgehead atoms. The zero-order valence-corrected chi connectivity index (χ0v) is 17.5. The number of carbonyl (C=O) groups is 1. The Bertz CT molecular complexity index is 883. The van der Waals surface area contributed by atoms with Crippen LogP contribution in [0.4, 0.5) is 10.1 Å². The zero-order chi connectivity index (χ0) is 20.5. The molecule has 1 aliphatic heterocycles. The number of nitrogens with one attached hydrogen (secondary N) is 2. The molecule has 29 heavy (non-hydrogen) atoms. The van der Waals surface area contributed by atoms with Crippen LogP contribution in [0.25, 0.3) is 0 Å². The number of nitrogens with zero attached hydrogens (tertiary/aromatic N) is 1. The van der Waals surface area contributed by atoms with Crippen LogP contribution in [0.2, 0.25) is 5.02 Å². The lowest BCUT2D eigenvalue weighted by Crippen LogP contribution is -2.51. The van der Waals surface area contributed by atoms with Crippen molar-refractivity contribution < 1.29 is 9.18 Å². The van der Waals surface area contributed by atoms with Crippen molar-refractivity contribution in [3.8, 4) is 0 Å². The first-order valence-electron chi connectivity index (χ1n) is 10.3. The molecule has 2 atom stereocenters. The lowest BCUT2D eigenvalue weighted by atomic mass is 9.98. The number of halogens is 2. The molecule has 2 N–H and O–H groups in total. The summed E-state index contributed by atoms with van der Waals surface area (Å²) in [6, 6.07) is 13.9. The van der Waals surface area contributed by atoms with E-state index in [1.165, 1.54) is 18.1 Å². The molecule has 1 saturated carbocycles. The van der Waals surface area contributed by atoms with Crippen LogP contribution in [0, 0.1) is 11.7 Å². The summed E-state index contributed by atoms with van der Waals surface area (Å²) in [7, 11) is 0. The summed E-state index contributed by atoms with van der Waals surface area (Å²) in [5.41, 5.74) is 2.06. The normalized spacial score (nSPS) is 21.2. The van der Waals surface area contributed by atoms with E-state index in [4.69, 9.17) is 11.6 Å². The lowest BCUT2D eigenvalue weighted by molar-refractivity contribution is 0.0943. The first-order valence-corrected chi connectivity index (χ1v) is 10.6. The fourth-order valence-corrected chi connectivity index (χ4v) is 4.24. The molecule has 2 fully saturated rings. The van der Waals surface area contributed by atoms with Crippen LogP contribution in [-0.4, -0.2) is 37.6 Å². The van der Waals surface area contributed by atoms with Crippen molar-refractivity contribution in [2.75, 3.05) is 24.5 Å². The van der Waals surface area contributed by atoms with E-state index in [2.05, 4.69) is 34.9 Å². The molecule has 2 aromatic carbocycles. The Morgan fingerprint density at radius 2 is 1.97 bits per heavy atom. The fraction of sp³-hybridized carbons (Fsp3) is 0.435. The highest BCUT2D eigenvalue weighted by atomic mass is 35.5. The molecule has 154 valence electrons. The summed E-state index contributed by atoms with van der Waals surface area (Å²) in [5, 5.41) is 6.68. The maximum absolute atomic E-state index is 14.6. The molecular weight excluding hydrogens is 389 g/mol. The number of rotatable bonds is 7. The highest BCUT2D eigenvalue weighted by molar-refractivity contribution is 6.34. The molecule has 1 aliphatic carbocycles. The third-order valence-electron chi connectivity index (χ3n) is 5.69. The second-order valence-corrected chi connectivity index (χ2v) is 8.86. The van der Waals surface area contributed by atoms with E-state index in [0.717, 1.165) is 19.6 Å². The van der Waals surface area contributed by atoms with E-state index in [-0.39, 0.29) is 22.5 Å². The number of carbonyl (C=O) groups excluding carboxylic acids is 1. The van der Waals surface area contributed by atoms with Crippen LogP contribution in [0.1, 0.15) is 42.1 Å². The van der Waals surface area contributed by atoms with Crippen LogP contribution in [0.3, 0.4) is 0 Å². The smallest absolute Gasteiger partial charge is 0.253 e. The molecule has 0 spiro atoms. The molecule has 4 nitrogen and oxygen atoms in total. The van der Waals surface area contributed by atoms with E-state index in [1.807, 2.05) is 24.8 Å². The average molecular weight is 416 g/mol. The first-order chi connectivity index (χ1) is 13.9. The Labute approximate surface area is 176 Å². The van der Waals surface area contributed by atoms with Gasteiger partial charge in [-0.25, -0.2) is 4.39 Å². The van der Waals surface area contributed by atoms with Crippen molar-refractivity contribution >= 4 is 23.2 Å². The maximum atomic E-state index is 14.6. The van der Waals surface area contributed by atoms with E-state index in [0.29, 0.717) is 23.6 Å². The molecule has 2 unspecified atom stereocenters. The van der Waals surface area contributed by atoms with Crippen molar-refractivity contribution in [3.63, 3.8) is 0 Å². The topological polar surface area (TPSA) is 44.4 Å². The summed E-state index contributed by atoms with van der Waals surface area (Å²) in [4.78, 5) is 14.1. The van der Waals surface area contributed by atoms with E-state index < -0.39 is 5.82 Å². The van der Waals surface area contributed by atoms with Crippen LogP contribution in [0.5, 0.6) is 0 Å². The van der Waals surface area contributed by atoms with Gasteiger partial charge in [0.2, 0.25) is 0 Å². The first kappa shape index (κ1) is 20.2. The predicted octanol–water partition coefficient (Wildman–Crippen LogP) is 4.20. The minimum atomic E-state index is -0.402. The van der Waals surface area contributed by atoms with Crippen molar-refractivity contribution in [3.05, 3.63) is 64.4 Å². The second-order valence-electron chi connectivity index (χ2n) is 8.45. The van der Waals surface area contributed by atoms with Crippen LogP contribution in [-0.2, 0) is 0 Å². The average Bonchev–Trinajstić information content (AvgIpc) is 3.42. The third-order valence-corrected chi connectivity index (χ3v) is 6.00. The van der Waals surface area contributed by atoms with Crippen LogP contribution in [0.15, 0.2) is 42.5 Å². The Morgan fingerprint density at radius 3 is 2.66 bits per heavy atom. The van der Waals surface area contributed by atoms with Crippen molar-refractivity contribution in [2.45, 2.75) is 38.3 Å². The number of benzene rings is 2. The number of anilines is 1. The van der Waals surface area contributed by atoms with Gasteiger partial charge in [-0.3, -0.25) is 4.79 Å². The number of amides is 1. The molecule has 0 radical (unpaired) electrons. The molecular formula is C23H27ClFN3O. The zero-order valence-electron chi connectivity index (χ0n) is 16.8. The summed E-state index contributed by atoms with van der Waals surface area (Å²) in [6.07, 6.45) is 1.19. The van der Waals surface area contributed by atoms with Gasteiger partial charge in [0.25, 0.3) is 5.91 Å². The highest BCUT2D eigenvalue weighted by Crippen LogP contribution is 2.41. The quantitative estimate of drug-likeness (QED) is 0.712. The number of hydrogen-bond donors (Lipinski definition) is 2. The third kappa shape index (κ3) is 4.57. The summed E-state index contributed by atoms with van der Waals surface area (Å²) >= 11 is 6.26.